The van der Waals surface area contributed by atoms with Crippen LogP contribution in [0.1, 0.15) is 11.1 Å². The molecule has 0 aliphatic carbocycles. The molecule has 0 fully saturated rings. The smallest absolute Gasteiger partial charge is 0.328 e. The van der Waals surface area contributed by atoms with Crippen LogP contribution < -0.4 is 11.1 Å². The molecule has 132 valence electrons. The number of amides is 1. The first-order chi connectivity index (χ1) is 12.0. The van der Waals surface area contributed by atoms with E-state index in [4.69, 9.17) is 22.1 Å². The maximum Gasteiger partial charge on any atom is 0.328 e. The van der Waals surface area contributed by atoms with Gasteiger partial charge in [-0.05, 0) is 29.7 Å². The van der Waals surface area contributed by atoms with Crippen LogP contribution >= 0.6 is 11.6 Å². The largest absolute Gasteiger partial charge is 0.467 e. The highest BCUT2D eigenvalue weighted by atomic mass is 35.5. The van der Waals surface area contributed by atoms with E-state index < -0.39 is 24.0 Å². The maximum absolute atomic E-state index is 12.4. The number of ether oxygens (including phenoxy) is 1. The van der Waals surface area contributed by atoms with Crippen LogP contribution in [0.2, 0.25) is 5.02 Å². The minimum absolute atomic E-state index is 0.340. The first-order valence-electron chi connectivity index (χ1n) is 7.91. The molecule has 0 aliphatic rings. The number of halogens is 1. The fraction of sp³-hybridized carbons (Fsp3) is 0.263. The number of benzene rings is 2. The van der Waals surface area contributed by atoms with Gasteiger partial charge in [-0.3, -0.25) is 4.79 Å². The number of carbonyl (C=O) groups is 2. The summed E-state index contributed by atoms with van der Waals surface area (Å²) in [6.45, 7) is 0. The van der Waals surface area contributed by atoms with Gasteiger partial charge in [0.1, 0.15) is 6.04 Å². The lowest BCUT2D eigenvalue weighted by molar-refractivity contribution is -0.145. The van der Waals surface area contributed by atoms with Gasteiger partial charge in [0, 0.05) is 11.4 Å². The van der Waals surface area contributed by atoms with Crippen molar-refractivity contribution in [3.05, 3.63) is 70.7 Å². The van der Waals surface area contributed by atoms with E-state index in [1.807, 2.05) is 42.5 Å². The zero-order valence-corrected chi connectivity index (χ0v) is 14.7. The second-order valence-electron chi connectivity index (χ2n) is 5.71. The van der Waals surface area contributed by atoms with Crippen molar-refractivity contribution in [1.29, 1.82) is 0 Å². The summed E-state index contributed by atoms with van der Waals surface area (Å²) >= 11 is 5.85. The number of esters is 1. The number of hydrogen-bond donors (Lipinski definition) is 2. The van der Waals surface area contributed by atoms with Gasteiger partial charge in [-0.25, -0.2) is 4.79 Å². The zero-order valence-electron chi connectivity index (χ0n) is 13.9. The lowest BCUT2D eigenvalue weighted by atomic mass is 10.0. The summed E-state index contributed by atoms with van der Waals surface area (Å²) in [7, 11) is 1.29. The van der Waals surface area contributed by atoms with Crippen LogP contribution in [-0.4, -0.2) is 31.1 Å². The topological polar surface area (TPSA) is 81.4 Å². The minimum atomic E-state index is -0.781. The van der Waals surface area contributed by atoms with Crippen molar-refractivity contribution < 1.29 is 14.3 Å². The van der Waals surface area contributed by atoms with Gasteiger partial charge in [0.05, 0.1) is 13.2 Å². The number of hydrogen-bond acceptors (Lipinski definition) is 4. The van der Waals surface area contributed by atoms with Crippen molar-refractivity contribution in [1.82, 2.24) is 5.32 Å². The van der Waals surface area contributed by atoms with Crippen molar-refractivity contribution in [2.75, 3.05) is 7.11 Å². The van der Waals surface area contributed by atoms with Crippen molar-refractivity contribution in [2.45, 2.75) is 24.9 Å². The van der Waals surface area contributed by atoms with Gasteiger partial charge >= 0.3 is 5.97 Å². The maximum atomic E-state index is 12.4. The molecular weight excluding hydrogens is 340 g/mol. The highest BCUT2D eigenvalue weighted by Crippen LogP contribution is 2.11. The molecule has 2 unspecified atom stereocenters. The average Bonchev–Trinajstić information content (AvgIpc) is 2.63. The quantitative estimate of drug-likeness (QED) is 0.741. The Balaban J connectivity index is 2.00. The van der Waals surface area contributed by atoms with Crippen LogP contribution in [0.3, 0.4) is 0 Å². The molecule has 0 saturated carbocycles. The standard InChI is InChI=1S/C19H21ClN2O3/c1-25-19(24)17(12-13-5-3-2-4-6-13)22-18(23)16(21)11-14-7-9-15(20)10-8-14/h2-10,16-17H,11-12,21H2,1H3,(H,22,23). The predicted octanol–water partition coefficient (Wildman–Crippen LogP) is 2.11. The highest BCUT2D eigenvalue weighted by molar-refractivity contribution is 6.30. The lowest BCUT2D eigenvalue weighted by Gasteiger charge is -2.19. The van der Waals surface area contributed by atoms with E-state index in [0.29, 0.717) is 17.9 Å². The van der Waals surface area contributed by atoms with Crippen LogP contribution in [0.5, 0.6) is 0 Å². The molecule has 0 aromatic heterocycles. The normalized spacial score (nSPS) is 12.9. The second kappa shape index (κ2) is 9.20. The molecule has 5 nitrogen and oxygen atoms in total. The van der Waals surface area contributed by atoms with E-state index in [2.05, 4.69) is 5.32 Å². The van der Waals surface area contributed by atoms with E-state index in [9.17, 15) is 9.59 Å². The van der Waals surface area contributed by atoms with Gasteiger partial charge in [0.25, 0.3) is 0 Å². The van der Waals surface area contributed by atoms with Gasteiger partial charge in [0.15, 0.2) is 0 Å². The molecule has 0 bridgehead atoms. The molecule has 0 spiro atoms. The Morgan fingerprint density at radius 1 is 1.04 bits per heavy atom. The molecule has 0 saturated heterocycles. The first-order valence-corrected chi connectivity index (χ1v) is 8.29. The zero-order chi connectivity index (χ0) is 18.2. The SMILES string of the molecule is COC(=O)C(Cc1ccccc1)NC(=O)C(N)Cc1ccc(Cl)cc1. The Hall–Kier alpha value is -2.37. The van der Waals surface area contributed by atoms with Crippen LogP contribution in [0.4, 0.5) is 0 Å². The van der Waals surface area contributed by atoms with Gasteiger partial charge in [0.2, 0.25) is 5.91 Å². The van der Waals surface area contributed by atoms with Crippen LogP contribution in [0, 0.1) is 0 Å². The number of rotatable bonds is 7. The molecule has 2 aromatic carbocycles. The van der Waals surface area contributed by atoms with E-state index in [1.165, 1.54) is 7.11 Å². The predicted molar refractivity (Wildman–Crippen MR) is 97.2 cm³/mol. The molecule has 0 aliphatic heterocycles. The molecule has 6 heteroatoms. The van der Waals surface area contributed by atoms with Gasteiger partial charge in [-0.15, -0.1) is 0 Å². The minimum Gasteiger partial charge on any atom is -0.467 e. The van der Waals surface area contributed by atoms with Crippen molar-refractivity contribution in [2.24, 2.45) is 5.73 Å². The van der Waals surface area contributed by atoms with Crippen LogP contribution in [-0.2, 0) is 27.2 Å². The van der Waals surface area contributed by atoms with Crippen LogP contribution in [0.25, 0.3) is 0 Å². The Bertz CT molecular complexity index is 704. The van der Waals surface area contributed by atoms with Gasteiger partial charge in [-0.1, -0.05) is 54.1 Å². The van der Waals surface area contributed by atoms with E-state index in [1.54, 1.807) is 12.1 Å². The molecule has 1 amide bonds. The summed E-state index contributed by atoms with van der Waals surface area (Å²) in [6.07, 6.45) is 0.690. The van der Waals surface area contributed by atoms with Crippen molar-refractivity contribution in [3.8, 4) is 0 Å². The summed E-state index contributed by atoms with van der Waals surface area (Å²) in [5.41, 5.74) is 7.79. The molecule has 2 aromatic rings. The number of methoxy groups -OCH3 is 1. The fourth-order valence-electron chi connectivity index (χ4n) is 2.43. The highest BCUT2D eigenvalue weighted by Gasteiger charge is 2.24. The Morgan fingerprint density at radius 3 is 2.24 bits per heavy atom. The first kappa shape index (κ1) is 19.0. The summed E-state index contributed by atoms with van der Waals surface area (Å²) in [5, 5.41) is 3.30. The number of nitrogens with one attached hydrogen (secondary N) is 1. The molecule has 0 radical (unpaired) electrons. The summed E-state index contributed by atoms with van der Waals surface area (Å²) < 4.78 is 4.79. The van der Waals surface area contributed by atoms with Gasteiger partial charge in [-0.2, -0.15) is 0 Å². The third kappa shape index (κ3) is 5.89. The third-order valence-corrected chi connectivity index (χ3v) is 4.04. The third-order valence-electron chi connectivity index (χ3n) is 3.79. The van der Waals surface area contributed by atoms with E-state index in [-0.39, 0.29) is 0 Å². The van der Waals surface area contributed by atoms with Gasteiger partial charge < -0.3 is 15.8 Å². The monoisotopic (exact) mass is 360 g/mol. The molecule has 25 heavy (non-hydrogen) atoms. The van der Waals surface area contributed by atoms with Crippen molar-refractivity contribution in [3.63, 3.8) is 0 Å². The molecule has 0 heterocycles. The number of nitrogens with two attached hydrogens (primary N) is 1. The Labute approximate surface area is 152 Å². The molecule has 2 atom stereocenters. The van der Waals surface area contributed by atoms with E-state index >= 15 is 0 Å². The number of carbonyl (C=O) groups excluding carboxylic acids is 2. The Kier molecular flexibility index (Phi) is 6.98. The molecule has 2 rings (SSSR count). The summed E-state index contributed by atoms with van der Waals surface area (Å²) in [4.78, 5) is 24.3. The average molecular weight is 361 g/mol. The Morgan fingerprint density at radius 2 is 1.64 bits per heavy atom. The fourth-order valence-corrected chi connectivity index (χ4v) is 2.56. The van der Waals surface area contributed by atoms with Crippen molar-refractivity contribution >= 4 is 23.5 Å². The summed E-state index contributed by atoms with van der Waals surface area (Å²) in [5.74, 6) is -0.905. The molecule has 3 N–H and O–H groups in total. The summed E-state index contributed by atoms with van der Waals surface area (Å²) in [6, 6.07) is 15.0. The molecular formula is C19H21ClN2O3. The lowest BCUT2D eigenvalue weighted by Crippen LogP contribution is -2.50. The van der Waals surface area contributed by atoms with Crippen LogP contribution in [0.15, 0.2) is 54.6 Å². The second-order valence-corrected chi connectivity index (χ2v) is 6.15. The van der Waals surface area contributed by atoms with E-state index in [0.717, 1.165) is 11.1 Å².